The number of rotatable bonds is 7. The number of nitrogens with one attached hydrogen (secondary N) is 1. The molecule has 0 amide bonds. The summed E-state index contributed by atoms with van der Waals surface area (Å²) >= 11 is 1.75. The van der Waals surface area contributed by atoms with Gasteiger partial charge in [-0.1, -0.05) is 30.3 Å². The van der Waals surface area contributed by atoms with Gasteiger partial charge in [-0.25, -0.2) is 8.42 Å². The normalized spacial score (nSPS) is 11.2. The van der Waals surface area contributed by atoms with Gasteiger partial charge >= 0.3 is 0 Å². The number of methoxy groups -OCH3 is 1. The van der Waals surface area contributed by atoms with E-state index >= 15 is 0 Å². The molecule has 3 aromatic rings. The molecule has 0 aliphatic rings. The number of anilines is 1. The Hall–Kier alpha value is -2.44. The van der Waals surface area contributed by atoms with Crippen molar-refractivity contribution in [3.63, 3.8) is 0 Å². The number of thioether (sulfide) groups is 1. The Balaban J connectivity index is 1.72. The minimum Gasteiger partial charge on any atom is -0.496 e. The van der Waals surface area contributed by atoms with Crippen LogP contribution >= 0.6 is 11.8 Å². The lowest BCUT2D eigenvalue weighted by atomic mass is 10.1. The highest BCUT2D eigenvalue weighted by Gasteiger charge is 2.19. The second kappa shape index (κ2) is 8.71. The third kappa shape index (κ3) is 4.69. The van der Waals surface area contributed by atoms with Crippen LogP contribution in [0.15, 0.2) is 76.5 Å². The van der Waals surface area contributed by atoms with Gasteiger partial charge in [0.05, 0.1) is 12.0 Å². The van der Waals surface area contributed by atoms with Gasteiger partial charge in [0.2, 0.25) is 0 Å². The van der Waals surface area contributed by atoms with Gasteiger partial charge < -0.3 is 4.74 Å². The molecule has 0 spiro atoms. The molecule has 0 atom stereocenters. The minimum absolute atomic E-state index is 0.259. The number of sulfonamides is 1. The van der Waals surface area contributed by atoms with E-state index in [-0.39, 0.29) is 4.90 Å². The quantitative estimate of drug-likeness (QED) is 0.527. The lowest BCUT2D eigenvalue weighted by Crippen LogP contribution is -2.15. The van der Waals surface area contributed by atoms with Crippen molar-refractivity contribution in [1.82, 2.24) is 0 Å². The Morgan fingerprint density at radius 2 is 1.57 bits per heavy atom. The van der Waals surface area contributed by atoms with Gasteiger partial charge in [0.25, 0.3) is 10.0 Å². The molecule has 146 valence electrons. The number of benzene rings is 3. The predicted octanol–water partition coefficient (Wildman–Crippen LogP) is 5.41. The lowest BCUT2D eigenvalue weighted by molar-refractivity contribution is 0.411. The van der Waals surface area contributed by atoms with E-state index in [1.165, 1.54) is 4.90 Å². The molecule has 0 fully saturated rings. The molecule has 0 radical (unpaired) electrons. The summed E-state index contributed by atoms with van der Waals surface area (Å²) in [6, 6.07) is 20.9. The summed E-state index contributed by atoms with van der Waals surface area (Å²) in [7, 11) is -2.10. The minimum atomic E-state index is -3.67. The van der Waals surface area contributed by atoms with Crippen LogP contribution in [0.25, 0.3) is 0 Å². The summed E-state index contributed by atoms with van der Waals surface area (Å²) in [6.07, 6.45) is 0. The van der Waals surface area contributed by atoms with Crippen LogP contribution in [0, 0.1) is 13.8 Å². The van der Waals surface area contributed by atoms with E-state index in [0.29, 0.717) is 17.0 Å². The van der Waals surface area contributed by atoms with Crippen molar-refractivity contribution in [1.29, 1.82) is 0 Å². The molecule has 0 unspecified atom stereocenters. The van der Waals surface area contributed by atoms with Crippen LogP contribution in [0.2, 0.25) is 0 Å². The average molecular weight is 414 g/mol. The zero-order valence-corrected chi connectivity index (χ0v) is 17.7. The SMILES string of the molecule is COc1ccc(S(=O)(=O)Nc2ccc(CSc3ccccc3)cc2)c(C)c1C. The van der Waals surface area contributed by atoms with Crippen molar-refractivity contribution in [2.75, 3.05) is 11.8 Å². The van der Waals surface area contributed by atoms with Crippen molar-refractivity contribution in [2.45, 2.75) is 29.4 Å². The zero-order valence-electron chi connectivity index (χ0n) is 16.1. The number of hydrogen-bond donors (Lipinski definition) is 1. The Morgan fingerprint density at radius 3 is 2.21 bits per heavy atom. The molecule has 0 aliphatic heterocycles. The fraction of sp³-hybridized carbons (Fsp3) is 0.182. The van der Waals surface area contributed by atoms with E-state index in [1.807, 2.05) is 37.3 Å². The average Bonchev–Trinajstić information content (AvgIpc) is 2.70. The summed E-state index contributed by atoms with van der Waals surface area (Å²) in [5.41, 5.74) is 3.18. The standard InChI is InChI=1S/C22H23NO3S2/c1-16-17(2)22(14-13-21(16)26-3)28(24,25)23-19-11-9-18(10-12-19)15-27-20-7-5-4-6-8-20/h4-14,23H,15H2,1-3H3. The second-order valence-corrected chi connectivity index (χ2v) is 9.12. The molecule has 28 heavy (non-hydrogen) atoms. The number of ether oxygens (including phenoxy) is 1. The smallest absolute Gasteiger partial charge is 0.262 e. The molecule has 0 aromatic heterocycles. The van der Waals surface area contributed by atoms with E-state index in [1.54, 1.807) is 50.1 Å². The third-order valence-electron chi connectivity index (χ3n) is 4.55. The molecule has 4 nitrogen and oxygen atoms in total. The molecule has 0 saturated heterocycles. The Labute approximate surface area is 171 Å². The molecular formula is C22H23NO3S2. The van der Waals surface area contributed by atoms with Crippen molar-refractivity contribution >= 4 is 27.5 Å². The van der Waals surface area contributed by atoms with Crippen LogP contribution in [0.3, 0.4) is 0 Å². The molecule has 1 N–H and O–H groups in total. The van der Waals surface area contributed by atoms with Crippen molar-refractivity contribution in [3.8, 4) is 5.75 Å². The largest absolute Gasteiger partial charge is 0.496 e. The lowest BCUT2D eigenvalue weighted by Gasteiger charge is -2.14. The summed E-state index contributed by atoms with van der Waals surface area (Å²) < 4.78 is 33.6. The molecule has 0 saturated carbocycles. The van der Waals surface area contributed by atoms with Crippen molar-refractivity contribution in [2.24, 2.45) is 0 Å². The summed E-state index contributed by atoms with van der Waals surface area (Å²) in [4.78, 5) is 1.46. The van der Waals surface area contributed by atoms with E-state index in [9.17, 15) is 8.42 Å². The van der Waals surface area contributed by atoms with E-state index in [2.05, 4.69) is 16.9 Å². The third-order valence-corrected chi connectivity index (χ3v) is 7.16. The van der Waals surface area contributed by atoms with Gasteiger partial charge in [0.15, 0.2) is 0 Å². The van der Waals surface area contributed by atoms with E-state index < -0.39 is 10.0 Å². The first-order valence-electron chi connectivity index (χ1n) is 8.84. The van der Waals surface area contributed by atoms with Gasteiger partial charge in [-0.2, -0.15) is 0 Å². The molecule has 3 rings (SSSR count). The van der Waals surface area contributed by atoms with Gasteiger partial charge in [0.1, 0.15) is 5.75 Å². The first-order chi connectivity index (χ1) is 13.4. The fourth-order valence-corrected chi connectivity index (χ4v) is 5.08. The maximum Gasteiger partial charge on any atom is 0.262 e. The van der Waals surface area contributed by atoms with Crippen molar-refractivity contribution < 1.29 is 13.2 Å². The summed E-state index contributed by atoms with van der Waals surface area (Å²) in [5, 5.41) is 0. The van der Waals surface area contributed by atoms with Gasteiger partial charge in [-0.3, -0.25) is 4.72 Å². The maximum atomic E-state index is 12.8. The second-order valence-electron chi connectivity index (χ2n) is 6.42. The molecule has 0 heterocycles. The van der Waals surface area contributed by atoms with Gasteiger partial charge in [-0.05, 0) is 66.9 Å². The molecule has 0 bridgehead atoms. The Morgan fingerprint density at radius 1 is 0.893 bits per heavy atom. The first-order valence-corrected chi connectivity index (χ1v) is 11.3. The van der Waals surface area contributed by atoms with E-state index in [0.717, 1.165) is 16.9 Å². The maximum absolute atomic E-state index is 12.8. The van der Waals surface area contributed by atoms with Crippen LogP contribution in [-0.4, -0.2) is 15.5 Å². The summed E-state index contributed by atoms with van der Waals surface area (Å²) in [6.45, 7) is 3.64. The Kier molecular flexibility index (Phi) is 6.31. The van der Waals surface area contributed by atoms with Crippen LogP contribution in [0.1, 0.15) is 16.7 Å². The molecule has 6 heteroatoms. The van der Waals surface area contributed by atoms with E-state index in [4.69, 9.17) is 4.74 Å². The van der Waals surface area contributed by atoms with Crippen LogP contribution in [-0.2, 0) is 15.8 Å². The van der Waals surface area contributed by atoms with Crippen LogP contribution in [0.4, 0.5) is 5.69 Å². The highest BCUT2D eigenvalue weighted by atomic mass is 32.2. The molecule has 3 aromatic carbocycles. The monoisotopic (exact) mass is 413 g/mol. The fourth-order valence-electron chi connectivity index (χ4n) is 2.85. The highest BCUT2D eigenvalue weighted by molar-refractivity contribution is 7.98. The molecular weight excluding hydrogens is 390 g/mol. The predicted molar refractivity (Wildman–Crippen MR) is 116 cm³/mol. The first kappa shape index (κ1) is 20.3. The summed E-state index contributed by atoms with van der Waals surface area (Å²) in [5.74, 6) is 1.50. The highest BCUT2D eigenvalue weighted by Crippen LogP contribution is 2.28. The van der Waals surface area contributed by atoms with Crippen molar-refractivity contribution in [3.05, 3.63) is 83.4 Å². The van der Waals surface area contributed by atoms with Gasteiger partial charge in [0, 0.05) is 16.3 Å². The molecule has 0 aliphatic carbocycles. The van der Waals surface area contributed by atoms with Gasteiger partial charge in [-0.15, -0.1) is 11.8 Å². The topological polar surface area (TPSA) is 55.4 Å². The van der Waals surface area contributed by atoms with Crippen LogP contribution in [0.5, 0.6) is 5.75 Å². The number of hydrogen-bond acceptors (Lipinski definition) is 4. The zero-order chi connectivity index (χ0) is 20.1. The van der Waals surface area contributed by atoms with Crippen LogP contribution < -0.4 is 9.46 Å². The Bertz CT molecular complexity index is 1050.